The van der Waals surface area contributed by atoms with Crippen molar-refractivity contribution in [3.8, 4) is 0 Å². The molecule has 0 amide bonds. The van der Waals surface area contributed by atoms with Crippen LogP contribution in [-0.4, -0.2) is 56.3 Å². The highest BCUT2D eigenvalue weighted by Gasteiger charge is 2.15. The molecule has 1 aliphatic rings. The minimum atomic E-state index is 0.326. The van der Waals surface area contributed by atoms with Gasteiger partial charge in [0.05, 0.1) is 12.6 Å². The predicted octanol–water partition coefficient (Wildman–Crippen LogP) is 2.24. The van der Waals surface area contributed by atoms with Gasteiger partial charge in [-0.1, -0.05) is 30.3 Å². The van der Waals surface area contributed by atoms with Crippen molar-refractivity contribution in [3.63, 3.8) is 0 Å². The quantitative estimate of drug-likeness (QED) is 0.566. The average molecular weight is 332 g/mol. The summed E-state index contributed by atoms with van der Waals surface area (Å²) in [6.07, 6.45) is 2.64. The minimum Gasteiger partial charge on any atom is -0.376 e. The van der Waals surface area contributed by atoms with E-state index in [4.69, 9.17) is 9.73 Å². The number of likely N-dealkylation sites (N-methyl/N-ethyl adjacent to an activating group) is 1. The molecule has 0 radical (unpaired) electrons. The molecule has 5 heteroatoms. The molecule has 2 rings (SSSR count). The fourth-order valence-corrected chi connectivity index (χ4v) is 2.75. The summed E-state index contributed by atoms with van der Waals surface area (Å²) in [7, 11) is 2.15. The highest BCUT2D eigenvalue weighted by Crippen LogP contribution is 2.10. The lowest BCUT2D eigenvalue weighted by Gasteiger charge is -2.24. The number of guanidine groups is 1. The van der Waals surface area contributed by atoms with E-state index in [0.29, 0.717) is 12.1 Å². The van der Waals surface area contributed by atoms with Crippen molar-refractivity contribution in [2.24, 2.45) is 4.99 Å². The van der Waals surface area contributed by atoms with Gasteiger partial charge in [-0.15, -0.1) is 0 Å². The number of nitrogens with one attached hydrogen (secondary N) is 2. The second-order valence-corrected chi connectivity index (χ2v) is 6.49. The number of aliphatic imine (C=N–C) groups is 1. The van der Waals surface area contributed by atoms with Crippen molar-refractivity contribution < 1.29 is 4.74 Å². The monoisotopic (exact) mass is 332 g/mol. The second-order valence-electron chi connectivity index (χ2n) is 6.49. The van der Waals surface area contributed by atoms with Gasteiger partial charge < -0.3 is 15.4 Å². The van der Waals surface area contributed by atoms with E-state index in [2.05, 4.69) is 66.8 Å². The summed E-state index contributed by atoms with van der Waals surface area (Å²) in [5.41, 5.74) is 1.33. The van der Waals surface area contributed by atoms with E-state index in [9.17, 15) is 0 Å². The molecule has 0 bridgehead atoms. The molecule has 0 aliphatic carbocycles. The fraction of sp³-hybridized carbons (Fsp3) is 0.632. The first-order chi connectivity index (χ1) is 11.7. The molecule has 0 saturated carbocycles. The normalized spacial score (nSPS) is 19.5. The van der Waals surface area contributed by atoms with Crippen LogP contribution in [0.25, 0.3) is 0 Å². The van der Waals surface area contributed by atoms with Gasteiger partial charge in [-0.2, -0.15) is 0 Å². The van der Waals surface area contributed by atoms with Crippen molar-refractivity contribution >= 4 is 5.96 Å². The summed E-state index contributed by atoms with van der Waals surface area (Å²) in [6.45, 7) is 8.61. The Labute approximate surface area is 146 Å². The topological polar surface area (TPSA) is 48.9 Å². The standard InChI is InChI=1S/C19H32N4O/c1-4-20-19(22-14-18-11-8-12-24-18)21-13-16(2)23(3)15-17-9-6-5-7-10-17/h5-7,9-10,16,18H,4,8,11-15H2,1-3H3,(H2,20,21,22). The molecule has 1 aromatic rings. The minimum absolute atomic E-state index is 0.326. The Hall–Kier alpha value is -1.59. The van der Waals surface area contributed by atoms with Gasteiger partial charge in [0.2, 0.25) is 0 Å². The first-order valence-electron chi connectivity index (χ1n) is 9.07. The van der Waals surface area contributed by atoms with Crippen molar-refractivity contribution in [2.45, 2.75) is 45.4 Å². The smallest absolute Gasteiger partial charge is 0.191 e. The fourth-order valence-electron chi connectivity index (χ4n) is 2.75. The summed E-state index contributed by atoms with van der Waals surface area (Å²) >= 11 is 0. The molecule has 0 spiro atoms. The maximum absolute atomic E-state index is 5.66. The molecule has 134 valence electrons. The van der Waals surface area contributed by atoms with E-state index < -0.39 is 0 Å². The lowest BCUT2D eigenvalue weighted by atomic mass is 10.2. The number of ether oxygens (including phenoxy) is 1. The largest absolute Gasteiger partial charge is 0.376 e. The number of benzene rings is 1. The van der Waals surface area contributed by atoms with E-state index in [-0.39, 0.29) is 0 Å². The van der Waals surface area contributed by atoms with Crippen LogP contribution in [0, 0.1) is 0 Å². The molecule has 2 unspecified atom stereocenters. The summed E-state index contributed by atoms with van der Waals surface area (Å²) < 4.78 is 5.66. The first kappa shape index (κ1) is 18.7. The highest BCUT2D eigenvalue weighted by molar-refractivity contribution is 5.79. The van der Waals surface area contributed by atoms with Crippen molar-refractivity contribution in [1.82, 2.24) is 15.5 Å². The summed E-state index contributed by atoms with van der Waals surface area (Å²) in [4.78, 5) is 7.07. The van der Waals surface area contributed by atoms with Crippen LogP contribution in [0.5, 0.6) is 0 Å². The second kappa shape index (κ2) is 10.3. The van der Waals surface area contributed by atoms with Crippen LogP contribution >= 0.6 is 0 Å². The van der Waals surface area contributed by atoms with Gasteiger partial charge in [0.1, 0.15) is 0 Å². The van der Waals surface area contributed by atoms with Gasteiger partial charge in [-0.05, 0) is 39.3 Å². The maximum Gasteiger partial charge on any atom is 0.191 e. The lowest BCUT2D eigenvalue weighted by Crippen LogP contribution is -2.42. The Morgan fingerprint density at radius 2 is 2.12 bits per heavy atom. The van der Waals surface area contributed by atoms with Crippen LogP contribution in [0.1, 0.15) is 32.3 Å². The van der Waals surface area contributed by atoms with Gasteiger partial charge >= 0.3 is 0 Å². The average Bonchev–Trinajstić information content (AvgIpc) is 3.11. The number of hydrogen-bond acceptors (Lipinski definition) is 3. The van der Waals surface area contributed by atoms with E-state index in [0.717, 1.165) is 45.2 Å². The van der Waals surface area contributed by atoms with E-state index in [1.165, 1.54) is 12.0 Å². The first-order valence-corrected chi connectivity index (χ1v) is 9.07. The molecule has 2 N–H and O–H groups in total. The Kier molecular flexibility index (Phi) is 8.05. The molecule has 1 aliphatic heterocycles. The Balaban J connectivity index is 1.79. The van der Waals surface area contributed by atoms with Crippen LogP contribution in [-0.2, 0) is 11.3 Å². The van der Waals surface area contributed by atoms with Crippen molar-refractivity contribution in [3.05, 3.63) is 35.9 Å². The molecule has 1 saturated heterocycles. The molecule has 5 nitrogen and oxygen atoms in total. The summed E-state index contributed by atoms with van der Waals surface area (Å²) in [5, 5.41) is 6.72. The Morgan fingerprint density at radius 1 is 1.33 bits per heavy atom. The van der Waals surface area contributed by atoms with Gasteiger partial charge in [-0.3, -0.25) is 9.89 Å². The zero-order chi connectivity index (χ0) is 17.2. The number of hydrogen-bond donors (Lipinski definition) is 2. The molecule has 1 aromatic carbocycles. The molecule has 1 heterocycles. The van der Waals surface area contributed by atoms with Crippen molar-refractivity contribution in [2.75, 3.05) is 33.3 Å². The van der Waals surface area contributed by atoms with Gasteiger partial charge in [-0.25, -0.2) is 0 Å². The van der Waals surface area contributed by atoms with E-state index in [1.54, 1.807) is 0 Å². The third-order valence-electron chi connectivity index (χ3n) is 4.41. The van der Waals surface area contributed by atoms with E-state index >= 15 is 0 Å². The maximum atomic E-state index is 5.66. The third kappa shape index (κ3) is 6.49. The van der Waals surface area contributed by atoms with Crippen LogP contribution in [0.4, 0.5) is 0 Å². The Morgan fingerprint density at radius 3 is 2.79 bits per heavy atom. The number of rotatable bonds is 8. The molecular formula is C19H32N4O. The van der Waals surface area contributed by atoms with Crippen LogP contribution in [0.3, 0.4) is 0 Å². The van der Waals surface area contributed by atoms with Crippen LogP contribution in [0.2, 0.25) is 0 Å². The van der Waals surface area contributed by atoms with Gasteiger partial charge in [0.15, 0.2) is 5.96 Å². The van der Waals surface area contributed by atoms with Crippen LogP contribution < -0.4 is 10.6 Å². The molecule has 0 aromatic heterocycles. The Bertz CT molecular complexity index is 485. The number of nitrogens with zero attached hydrogens (tertiary/aromatic N) is 2. The molecular weight excluding hydrogens is 300 g/mol. The zero-order valence-electron chi connectivity index (χ0n) is 15.3. The zero-order valence-corrected chi connectivity index (χ0v) is 15.3. The van der Waals surface area contributed by atoms with Gasteiger partial charge in [0.25, 0.3) is 0 Å². The van der Waals surface area contributed by atoms with E-state index in [1.807, 2.05) is 0 Å². The summed E-state index contributed by atoms with van der Waals surface area (Å²) in [5.74, 6) is 0.882. The molecule has 24 heavy (non-hydrogen) atoms. The SMILES string of the molecule is CCNC(=NCC(C)N(C)Cc1ccccc1)NCC1CCCO1. The molecule has 2 atom stereocenters. The van der Waals surface area contributed by atoms with Crippen molar-refractivity contribution in [1.29, 1.82) is 0 Å². The third-order valence-corrected chi connectivity index (χ3v) is 4.41. The summed E-state index contributed by atoms with van der Waals surface area (Å²) in [6, 6.07) is 10.9. The van der Waals surface area contributed by atoms with Gasteiger partial charge in [0, 0.05) is 32.3 Å². The van der Waals surface area contributed by atoms with Crippen LogP contribution in [0.15, 0.2) is 35.3 Å². The lowest BCUT2D eigenvalue weighted by molar-refractivity contribution is 0.114. The highest BCUT2D eigenvalue weighted by atomic mass is 16.5. The predicted molar refractivity (Wildman–Crippen MR) is 100 cm³/mol. The molecule has 1 fully saturated rings.